The Bertz CT molecular complexity index is 215. The van der Waals surface area contributed by atoms with E-state index in [0.717, 1.165) is 5.82 Å². The van der Waals surface area contributed by atoms with Crippen LogP contribution in [0.1, 0.15) is 12.7 Å². The number of rotatable bonds is 1. The van der Waals surface area contributed by atoms with E-state index < -0.39 is 0 Å². The molecule has 0 saturated carbocycles. The Morgan fingerprint density at radius 3 is 2.70 bits per heavy atom. The van der Waals surface area contributed by atoms with Crippen molar-refractivity contribution >= 4 is 6.08 Å². The predicted octanol–water partition coefficient (Wildman–Crippen LogP) is -2.12. The molecular formula is C7H11BrN2. The van der Waals surface area contributed by atoms with Gasteiger partial charge < -0.3 is 17.0 Å². The minimum Gasteiger partial charge on any atom is -1.00 e. The summed E-state index contributed by atoms with van der Waals surface area (Å²) >= 11 is 0. The highest BCUT2D eigenvalue weighted by Crippen LogP contribution is 1.86. The number of imidazole rings is 1. The van der Waals surface area contributed by atoms with Gasteiger partial charge in [-0.1, -0.05) is 6.08 Å². The van der Waals surface area contributed by atoms with Crippen LogP contribution in [-0.4, -0.2) is 4.98 Å². The second-order valence-electron chi connectivity index (χ2n) is 1.96. The first-order chi connectivity index (χ1) is 4.34. The molecule has 0 atom stereocenters. The number of aromatic amines is 1. The van der Waals surface area contributed by atoms with Gasteiger partial charge in [-0.05, 0) is 6.92 Å². The first-order valence-corrected chi connectivity index (χ1v) is 3.00. The number of nitrogens with zero attached hydrogens (tertiary/aromatic N) is 1. The monoisotopic (exact) mass is 202 g/mol. The van der Waals surface area contributed by atoms with Gasteiger partial charge in [-0.25, -0.2) is 9.55 Å². The quantitative estimate of drug-likeness (QED) is 0.503. The molecule has 1 aromatic rings. The van der Waals surface area contributed by atoms with E-state index in [-0.39, 0.29) is 17.0 Å². The molecule has 10 heavy (non-hydrogen) atoms. The van der Waals surface area contributed by atoms with Crippen molar-refractivity contribution in [3.8, 4) is 0 Å². The van der Waals surface area contributed by atoms with Gasteiger partial charge in [0.15, 0.2) is 0 Å². The predicted molar refractivity (Wildman–Crippen MR) is 36.7 cm³/mol. The molecule has 0 aliphatic heterocycles. The third-order valence-corrected chi connectivity index (χ3v) is 1.23. The van der Waals surface area contributed by atoms with Crippen molar-refractivity contribution in [1.82, 2.24) is 4.98 Å². The smallest absolute Gasteiger partial charge is 0.278 e. The lowest BCUT2D eigenvalue weighted by atomic mass is 10.5. The zero-order valence-electron chi connectivity index (χ0n) is 6.13. The highest BCUT2D eigenvalue weighted by Gasteiger charge is 1.97. The van der Waals surface area contributed by atoms with E-state index in [2.05, 4.69) is 4.98 Å². The van der Waals surface area contributed by atoms with E-state index in [4.69, 9.17) is 0 Å². The van der Waals surface area contributed by atoms with Crippen molar-refractivity contribution < 1.29 is 21.5 Å². The number of hydrogen-bond donors (Lipinski definition) is 1. The minimum atomic E-state index is 0. The fraction of sp³-hybridized carbons (Fsp3) is 0.286. The molecule has 0 aliphatic rings. The molecule has 0 fully saturated rings. The Hall–Kier alpha value is -0.570. The van der Waals surface area contributed by atoms with Gasteiger partial charge >= 0.3 is 0 Å². The zero-order valence-corrected chi connectivity index (χ0v) is 7.72. The van der Waals surface area contributed by atoms with Crippen molar-refractivity contribution in [3.63, 3.8) is 0 Å². The summed E-state index contributed by atoms with van der Waals surface area (Å²) < 4.78 is 2.03. The second kappa shape index (κ2) is 4.28. The SMILES string of the molecule is C/C=C/c1[nH]cc[n+]1C.[Br-]. The van der Waals surface area contributed by atoms with Crippen LogP contribution >= 0.6 is 0 Å². The van der Waals surface area contributed by atoms with Crippen LogP contribution in [0.2, 0.25) is 0 Å². The summed E-state index contributed by atoms with van der Waals surface area (Å²) in [6.07, 6.45) is 7.93. The lowest BCUT2D eigenvalue weighted by Gasteiger charge is -1.81. The van der Waals surface area contributed by atoms with E-state index in [0.29, 0.717) is 0 Å². The lowest BCUT2D eigenvalue weighted by molar-refractivity contribution is -0.671. The van der Waals surface area contributed by atoms with E-state index >= 15 is 0 Å². The van der Waals surface area contributed by atoms with Gasteiger partial charge in [0.1, 0.15) is 12.4 Å². The summed E-state index contributed by atoms with van der Waals surface area (Å²) in [5.74, 6) is 1.12. The maximum atomic E-state index is 3.08. The maximum absolute atomic E-state index is 3.08. The molecule has 0 aromatic carbocycles. The average Bonchev–Trinajstić information content (AvgIpc) is 2.18. The summed E-state index contributed by atoms with van der Waals surface area (Å²) in [6, 6.07) is 0. The van der Waals surface area contributed by atoms with Gasteiger partial charge in [-0.15, -0.1) is 0 Å². The third kappa shape index (κ3) is 1.99. The van der Waals surface area contributed by atoms with Crippen LogP contribution in [0.3, 0.4) is 0 Å². The maximum Gasteiger partial charge on any atom is 0.278 e. The first-order valence-electron chi connectivity index (χ1n) is 3.00. The summed E-state index contributed by atoms with van der Waals surface area (Å²) in [5.41, 5.74) is 0. The molecule has 1 rings (SSSR count). The summed E-state index contributed by atoms with van der Waals surface area (Å²) in [5, 5.41) is 0. The van der Waals surface area contributed by atoms with E-state index in [9.17, 15) is 0 Å². The number of H-pyrrole nitrogens is 1. The first kappa shape index (κ1) is 9.43. The van der Waals surface area contributed by atoms with Gasteiger partial charge in [0.25, 0.3) is 5.82 Å². The lowest BCUT2D eigenvalue weighted by Crippen LogP contribution is -3.00. The summed E-state index contributed by atoms with van der Waals surface area (Å²) in [7, 11) is 2.01. The van der Waals surface area contributed by atoms with Crippen LogP contribution in [0.5, 0.6) is 0 Å². The molecular weight excluding hydrogens is 192 g/mol. The van der Waals surface area contributed by atoms with E-state index in [1.807, 2.05) is 43.1 Å². The van der Waals surface area contributed by atoms with Crippen LogP contribution in [0.15, 0.2) is 18.5 Å². The minimum absolute atomic E-state index is 0. The molecule has 0 bridgehead atoms. The molecule has 1 aromatic heterocycles. The van der Waals surface area contributed by atoms with Gasteiger partial charge in [-0.3, -0.25) is 0 Å². The molecule has 2 nitrogen and oxygen atoms in total. The van der Waals surface area contributed by atoms with Crippen LogP contribution in [0.25, 0.3) is 6.08 Å². The average molecular weight is 203 g/mol. The molecule has 0 saturated heterocycles. The highest BCUT2D eigenvalue weighted by atomic mass is 79.9. The fourth-order valence-electron chi connectivity index (χ4n) is 0.740. The topological polar surface area (TPSA) is 19.7 Å². The summed E-state index contributed by atoms with van der Waals surface area (Å²) in [6.45, 7) is 2.00. The van der Waals surface area contributed by atoms with Crippen LogP contribution in [-0.2, 0) is 7.05 Å². The van der Waals surface area contributed by atoms with Crippen molar-refractivity contribution in [3.05, 3.63) is 24.3 Å². The number of hydrogen-bond acceptors (Lipinski definition) is 0. The third-order valence-electron chi connectivity index (χ3n) is 1.23. The number of nitrogens with one attached hydrogen (secondary N) is 1. The normalized spacial score (nSPS) is 9.80. The largest absolute Gasteiger partial charge is 1.00 e. The molecule has 1 heterocycles. The fourth-order valence-corrected chi connectivity index (χ4v) is 0.740. The Labute approximate surface area is 71.4 Å². The Balaban J connectivity index is 0.000000810. The molecule has 0 amide bonds. The van der Waals surface area contributed by atoms with Crippen molar-refractivity contribution in [2.24, 2.45) is 7.05 Å². The molecule has 0 unspecified atom stereocenters. The van der Waals surface area contributed by atoms with E-state index in [1.54, 1.807) is 0 Å². The molecule has 56 valence electrons. The number of allylic oxidation sites excluding steroid dienone is 1. The number of aromatic nitrogens is 2. The van der Waals surface area contributed by atoms with Gasteiger partial charge in [0.2, 0.25) is 0 Å². The van der Waals surface area contributed by atoms with Crippen LogP contribution < -0.4 is 21.5 Å². The Morgan fingerprint density at radius 2 is 2.30 bits per heavy atom. The number of aryl methyl sites for hydroxylation is 1. The molecule has 0 radical (unpaired) electrons. The highest BCUT2D eigenvalue weighted by molar-refractivity contribution is 5.35. The van der Waals surface area contributed by atoms with Crippen molar-refractivity contribution in [2.75, 3.05) is 0 Å². The van der Waals surface area contributed by atoms with Crippen molar-refractivity contribution in [1.29, 1.82) is 0 Å². The Kier molecular flexibility index (Phi) is 4.03. The van der Waals surface area contributed by atoms with Crippen LogP contribution in [0.4, 0.5) is 0 Å². The van der Waals surface area contributed by atoms with Crippen molar-refractivity contribution in [2.45, 2.75) is 6.92 Å². The standard InChI is InChI=1S/C7H10N2.BrH/c1-3-4-7-8-5-6-9(7)2;/h3-6H,1-2H3;1H/b4-3+;. The zero-order chi connectivity index (χ0) is 6.69. The van der Waals surface area contributed by atoms with Crippen LogP contribution in [0, 0.1) is 0 Å². The second-order valence-corrected chi connectivity index (χ2v) is 1.96. The molecule has 0 spiro atoms. The van der Waals surface area contributed by atoms with Gasteiger partial charge in [-0.2, -0.15) is 0 Å². The molecule has 0 aliphatic carbocycles. The molecule has 3 heteroatoms. The van der Waals surface area contributed by atoms with E-state index in [1.165, 1.54) is 0 Å². The summed E-state index contributed by atoms with van der Waals surface area (Å²) in [4.78, 5) is 3.08. The van der Waals surface area contributed by atoms with Gasteiger partial charge in [0, 0.05) is 6.08 Å². The Morgan fingerprint density at radius 1 is 1.60 bits per heavy atom. The molecule has 1 N–H and O–H groups in total. The number of halogens is 1. The van der Waals surface area contributed by atoms with Gasteiger partial charge in [0.05, 0.1) is 7.05 Å².